The Bertz CT molecular complexity index is 655. The van der Waals surface area contributed by atoms with E-state index >= 15 is 0 Å². The number of benzene rings is 1. The van der Waals surface area contributed by atoms with Crippen LogP contribution in [0, 0.1) is 6.92 Å². The van der Waals surface area contributed by atoms with Gasteiger partial charge in [-0.15, -0.1) is 0 Å². The molecule has 0 N–H and O–H groups in total. The monoisotopic (exact) mass is 223 g/mol. The molecule has 0 aliphatic heterocycles. The minimum absolute atomic E-state index is 0.771. The van der Waals surface area contributed by atoms with Crippen LogP contribution in [0.25, 0.3) is 11.0 Å². The molecule has 0 saturated heterocycles. The molecule has 0 fully saturated rings. The molecule has 0 amide bonds. The highest BCUT2D eigenvalue weighted by Crippen LogP contribution is 2.14. The van der Waals surface area contributed by atoms with E-state index in [0.717, 1.165) is 23.3 Å². The lowest BCUT2D eigenvalue weighted by atomic mass is 10.2. The Kier molecular flexibility index (Phi) is 2.37. The number of nitrogens with zero attached hydrogens (tertiary/aromatic N) is 3. The van der Waals surface area contributed by atoms with Crippen LogP contribution in [-0.4, -0.2) is 14.5 Å². The number of pyridine rings is 1. The second-order valence-corrected chi connectivity index (χ2v) is 4.13. The van der Waals surface area contributed by atoms with Gasteiger partial charge >= 0.3 is 0 Å². The number of aromatic nitrogens is 3. The first-order valence-electron chi connectivity index (χ1n) is 5.65. The number of hydrogen-bond donors (Lipinski definition) is 0. The number of para-hydroxylation sites is 2. The maximum absolute atomic E-state index is 4.41. The molecule has 3 nitrogen and oxygen atoms in total. The largest absolute Gasteiger partial charge is 0.324 e. The van der Waals surface area contributed by atoms with E-state index in [4.69, 9.17) is 0 Å². The fraction of sp³-hybridized carbons (Fsp3) is 0.143. The van der Waals surface area contributed by atoms with Crippen molar-refractivity contribution < 1.29 is 0 Å². The molecule has 0 saturated carbocycles. The number of imidazole rings is 1. The molecule has 0 unspecified atom stereocenters. The predicted molar refractivity (Wildman–Crippen MR) is 67.8 cm³/mol. The third-order valence-corrected chi connectivity index (χ3v) is 2.97. The molecule has 0 radical (unpaired) electrons. The van der Waals surface area contributed by atoms with Crippen molar-refractivity contribution in [2.75, 3.05) is 0 Å². The molecule has 0 aliphatic rings. The summed E-state index contributed by atoms with van der Waals surface area (Å²) in [5, 5.41) is 0. The summed E-state index contributed by atoms with van der Waals surface area (Å²) in [6, 6.07) is 12.2. The van der Waals surface area contributed by atoms with Crippen LogP contribution >= 0.6 is 0 Å². The SMILES string of the molecule is Cc1cccnc1Cn1cnc2ccccc21. The van der Waals surface area contributed by atoms with Crippen LogP contribution in [-0.2, 0) is 6.54 Å². The summed E-state index contributed by atoms with van der Waals surface area (Å²) in [5.74, 6) is 0. The molecule has 2 heterocycles. The number of aryl methyl sites for hydroxylation is 1. The van der Waals surface area contributed by atoms with Gasteiger partial charge in [-0.3, -0.25) is 4.98 Å². The van der Waals surface area contributed by atoms with Gasteiger partial charge in [0.15, 0.2) is 0 Å². The average molecular weight is 223 g/mol. The molecular formula is C14H13N3. The molecule has 0 bridgehead atoms. The number of rotatable bonds is 2. The molecule has 2 aromatic heterocycles. The highest BCUT2D eigenvalue weighted by molar-refractivity contribution is 5.75. The molecule has 0 spiro atoms. The number of fused-ring (bicyclic) bond motifs is 1. The third-order valence-electron chi connectivity index (χ3n) is 2.97. The van der Waals surface area contributed by atoms with E-state index in [9.17, 15) is 0 Å². The average Bonchev–Trinajstić information content (AvgIpc) is 2.76. The topological polar surface area (TPSA) is 30.7 Å². The molecule has 1 aromatic carbocycles. The molecule has 3 rings (SSSR count). The van der Waals surface area contributed by atoms with Gasteiger partial charge in [-0.1, -0.05) is 18.2 Å². The summed E-state index contributed by atoms with van der Waals surface area (Å²) in [6.45, 7) is 2.86. The summed E-state index contributed by atoms with van der Waals surface area (Å²) < 4.78 is 2.13. The van der Waals surface area contributed by atoms with Crippen molar-refractivity contribution in [2.45, 2.75) is 13.5 Å². The van der Waals surface area contributed by atoms with Crippen molar-refractivity contribution in [1.82, 2.24) is 14.5 Å². The maximum atomic E-state index is 4.41. The zero-order valence-electron chi connectivity index (χ0n) is 9.67. The normalized spacial score (nSPS) is 10.9. The summed E-state index contributed by atoms with van der Waals surface area (Å²) in [5.41, 5.74) is 4.49. The van der Waals surface area contributed by atoms with E-state index in [1.807, 2.05) is 36.8 Å². The van der Waals surface area contributed by atoms with Gasteiger partial charge in [0.05, 0.1) is 29.6 Å². The molecule has 0 aliphatic carbocycles. The van der Waals surface area contributed by atoms with Gasteiger partial charge in [0.25, 0.3) is 0 Å². The lowest BCUT2D eigenvalue weighted by Crippen LogP contribution is -2.02. The van der Waals surface area contributed by atoms with E-state index in [2.05, 4.69) is 33.6 Å². The van der Waals surface area contributed by atoms with Crippen molar-refractivity contribution in [3.05, 3.63) is 60.2 Å². The highest BCUT2D eigenvalue weighted by atomic mass is 15.0. The second-order valence-electron chi connectivity index (χ2n) is 4.13. The maximum Gasteiger partial charge on any atom is 0.0962 e. The summed E-state index contributed by atoms with van der Waals surface area (Å²) in [6.07, 6.45) is 3.71. The Morgan fingerprint density at radius 1 is 1.06 bits per heavy atom. The van der Waals surface area contributed by atoms with Gasteiger partial charge in [-0.05, 0) is 30.7 Å². The van der Waals surface area contributed by atoms with E-state index in [1.165, 1.54) is 5.56 Å². The standard InChI is InChI=1S/C14H13N3/c1-11-5-4-8-15-13(11)9-17-10-16-12-6-2-3-7-14(12)17/h2-8,10H,9H2,1H3. The van der Waals surface area contributed by atoms with Crippen LogP contribution in [0.5, 0.6) is 0 Å². The van der Waals surface area contributed by atoms with Crippen LogP contribution in [0.2, 0.25) is 0 Å². The van der Waals surface area contributed by atoms with Crippen LogP contribution in [0.3, 0.4) is 0 Å². The van der Waals surface area contributed by atoms with Crippen LogP contribution in [0.1, 0.15) is 11.3 Å². The zero-order valence-corrected chi connectivity index (χ0v) is 9.67. The summed E-state index contributed by atoms with van der Waals surface area (Å²) in [4.78, 5) is 8.79. The predicted octanol–water partition coefficient (Wildman–Crippen LogP) is 2.79. The van der Waals surface area contributed by atoms with Gasteiger partial charge < -0.3 is 4.57 Å². The van der Waals surface area contributed by atoms with Gasteiger partial charge in [0.2, 0.25) is 0 Å². The van der Waals surface area contributed by atoms with E-state index in [0.29, 0.717) is 0 Å². The summed E-state index contributed by atoms with van der Waals surface area (Å²) in [7, 11) is 0. The second kappa shape index (κ2) is 4.01. The van der Waals surface area contributed by atoms with Crippen LogP contribution in [0.4, 0.5) is 0 Å². The van der Waals surface area contributed by atoms with Crippen molar-refractivity contribution >= 4 is 11.0 Å². The first-order valence-corrected chi connectivity index (χ1v) is 5.65. The lowest BCUT2D eigenvalue weighted by Gasteiger charge is -2.06. The molecule has 17 heavy (non-hydrogen) atoms. The Morgan fingerprint density at radius 3 is 2.82 bits per heavy atom. The quantitative estimate of drug-likeness (QED) is 0.668. The first kappa shape index (κ1) is 10.0. The molecule has 84 valence electrons. The van der Waals surface area contributed by atoms with Crippen molar-refractivity contribution in [2.24, 2.45) is 0 Å². The van der Waals surface area contributed by atoms with E-state index < -0.39 is 0 Å². The first-order chi connectivity index (χ1) is 8.34. The van der Waals surface area contributed by atoms with E-state index in [1.54, 1.807) is 0 Å². The Hall–Kier alpha value is -2.16. The van der Waals surface area contributed by atoms with Gasteiger partial charge in [0.1, 0.15) is 0 Å². The highest BCUT2D eigenvalue weighted by Gasteiger charge is 2.04. The van der Waals surface area contributed by atoms with E-state index in [-0.39, 0.29) is 0 Å². The minimum Gasteiger partial charge on any atom is -0.324 e. The Balaban J connectivity index is 2.03. The van der Waals surface area contributed by atoms with Crippen molar-refractivity contribution in [3.63, 3.8) is 0 Å². The third kappa shape index (κ3) is 1.80. The van der Waals surface area contributed by atoms with Crippen LogP contribution < -0.4 is 0 Å². The van der Waals surface area contributed by atoms with Crippen LogP contribution in [0.15, 0.2) is 48.9 Å². The Morgan fingerprint density at radius 2 is 1.94 bits per heavy atom. The summed E-state index contributed by atoms with van der Waals surface area (Å²) >= 11 is 0. The molecule has 3 aromatic rings. The fourth-order valence-corrected chi connectivity index (χ4v) is 1.98. The van der Waals surface area contributed by atoms with Gasteiger partial charge in [-0.2, -0.15) is 0 Å². The molecule has 0 atom stereocenters. The Labute approximate surface area is 99.8 Å². The fourth-order valence-electron chi connectivity index (χ4n) is 1.98. The molecular weight excluding hydrogens is 210 g/mol. The van der Waals surface area contributed by atoms with Gasteiger partial charge in [0, 0.05) is 6.20 Å². The lowest BCUT2D eigenvalue weighted by molar-refractivity contribution is 0.790. The minimum atomic E-state index is 0.771. The zero-order chi connectivity index (χ0) is 11.7. The molecule has 3 heteroatoms. The number of hydrogen-bond acceptors (Lipinski definition) is 2. The smallest absolute Gasteiger partial charge is 0.0962 e. The van der Waals surface area contributed by atoms with Crippen molar-refractivity contribution in [1.29, 1.82) is 0 Å². The van der Waals surface area contributed by atoms with Gasteiger partial charge in [-0.25, -0.2) is 4.98 Å². The van der Waals surface area contributed by atoms with Crippen molar-refractivity contribution in [3.8, 4) is 0 Å².